The number of aliphatic hydroxyl groups is 1. The first-order chi connectivity index (χ1) is 9.58. The van der Waals surface area contributed by atoms with Crippen molar-refractivity contribution >= 4 is 5.69 Å². The zero-order chi connectivity index (χ0) is 14.6. The normalized spacial score (nSPS) is 14.0. The van der Waals surface area contributed by atoms with Crippen molar-refractivity contribution in [2.75, 3.05) is 18.5 Å². The molecule has 2 N–H and O–H groups in total. The van der Waals surface area contributed by atoms with Gasteiger partial charge in [0.1, 0.15) is 6.33 Å². The Hall–Kier alpha value is -1.88. The molecule has 1 aromatic heterocycles. The Morgan fingerprint density at radius 3 is 2.80 bits per heavy atom. The van der Waals surface area contributed by atoms with Crippen molar-refractivity contribution in [1.82, 2.24) is 14.8 Å². The number of hydrogen-bond donors (Lipinski definition) is 2. The monoisotopic (exact) mass is 274 g/mol. The van der Waals surface area contributed by atoms with Gasteiger partial charge in [-0.25, -0.2) is 0 Å². The lowest BCUT2D eigenvalue weighted by Crippen LogP contribution is -2.29. The maximum atomic E-state index is 9.44. The quantitative estimate of drug-likeness (QED) is 0.848. The lowest BCUT2D eigenvalue weighted by molar-refractivity contribution is 0.149. The maximum absolute atomic E-state index is 9.44. The third-order valence-corrected chi connectivity index (χ3v) is 3.79. The number of nitrogens with one attached hydrogen (secondary N) is 1. The van der Waals surface area contributed by atoms with Gasteiger partial charge in [0.15, 0.2) is 5.82 Å². The second-order valence-electron chi connectivity index (χ2n) is 5.52. The van der Waals surface area contributed by atoms with Crippen molar-refractivity contribution in [1.29, 1.82) is 0 Å². The Morgan fingerprint density at radius 2 is 2.20 bits per heavy atom. The molecule has 0 aliphatic carbocycles. The van der Waals surface area contributed by atoms with E-state index in [0.717, 1.165) is 30.0 Å². The van der Waals surface area contributed by atoms with Gasteiger partial charge >= 0.3 is 0 Å². The first kappa shape index (κ1) is 14.5. The van der Waals surface area contributed by atoms with Crippen LogP contribution in [0.3, 0.4) is 0 Å². The molecule has 0 aliphatic rings. The smallest absolute Gasteiger partial charge is 0.163 e. The van der Waals surface area contributed by atoms with Crippen LogP contribution in [0.1, 0.15) is 20.3 Å². The minimum absolute atomic E-state index is 0.0964. The van der Waals surface area contributed by atoms with Gasteiger partial charge in [-0.1, -0.05) is 26.0 Å². The number of aryl methyl sites for hydroxylation is 1. The lowest BCUT2D eigenvalue weighted by atomic mass is 9.88. The standard InChI is InChI=1S/C15H22N4O/c1-4-15(2,10-20)9-16-13-7-5-6-12(8-13)14-18-17-11-19(14)3/h5-8,11,16,20H,4,9-10H2,1-3H3. The van der Waals surface area contributed by atoms with E-state index in [4.69, 9.17) is 0 Å². The third kappa shape index (κ3) is 3.17. The topological polar surface area (TPSA) is 63.0 Å². The van der Waals surface area contributed by atoms with Gasteiger partial charge in [0.05, 0.1) is 6.61 Å². The molecule has 2 rings (SSSR count). The van der Waals surface area contributed by atoms with E-state index < -0.39 is 0 Å². The minimum atomic E-state index is -0.0964. The van der Waals surface area contributed by atoms with Crippen LogP contribution in [0.25, 0.3) is 11.4 Å². The molecule has 5 heteroatoms. The van der Waals surface area contributed by atoms with Crippen LogP contribution in [0.2, 0.25) is 0 Å². The van der Waals surface area contributed by atoms with Crippen molar-refractivity contribution in [3.8, 4) is 11.4 Å². The molecule has 108 valence electrons. The molecule has 0 saturated heterocycles. The summed E-state index contributed by atoms with van der Waals surface area (Å²) in [4.78, 5) is 0. The highest BCUT2D eigenvalue weighted by Gasteiger charge is 2.20. The zero-order valence-electron chi connectivity index (χ0n) is 12.3. The SMILES string of the molecule is CCC(C)(CO)CNc1cccc(-c2nncn2C)c1. The van der Waals surface area contributed by atoms with Gasteiger partial charge in [-0.2, -0.15) is 0 Å². The summed E-state index contributed by atoms with van der Waals surface area (Å²) in [5, 5.41) is 20.8. The second-order valence-corrected chi connectivity index (χ2v) is 5.52. The molecule has 0 amide bonds. The van der Waals surface area contributed by atoms with Crippen LogP contribution in [0.5, 0.6) is 0 Å². The highest BCUT2D eigenvalue weighted by Crippen LogP contribution is 2.23. The van der Waals surface area contributed by atoms with Crippen molar-refractivity contribution < 1.29 is 5.11 Å². The Kier molecular flexibility index (Phi) is 4.39. The summed E-state index contributed by atoms with van der Waals surface area (Å²) in [6.45, 7) is 5.09. The summed E-state index contributed by atoms with van der Waals surface area (Å²) >= 11 is 0. The molecule has 1 atom stereocenters. The fourth-order valence-electron chi connectivity index (χ4n) is 1.92. The number of hydrogen-bond acceptors (Lipinski definition) is 4. The summed E-state index contributed by atoms with van der Waals surface area (Å²) in [5.41, 5.74) is 1.96. The van der Waals surface area contributed by atoms with Crippen LogP contribution in [0.15, 0.2) is 30.6 Å². The average molecular weight is 274 g/mol. The lowest BCUT2D eigenvalue weighted by Gasteiger charge is -2.26. The molecule has 5 nitrogen and oxygen atoms in total. The van der Waals surface area contributed by atoms with E-state index in [1.165, 1.54) is 0 Å². The van der Waals surface area contributed by atoms with Crippen LogP contribution >= 0.6 is 0 Å². The Bertz CT molecular complexity index is 561. The van der Waals surface area contributed by atoms with E-state index in [9.17, 15) is 5.11 Å². The van der Waals surface area contributed by atoms with Gasteiger partial charge in [-0.15, -0.1) is 10.2 Å². The summed E-state index contributed by atoms with van der Waals surface area (Å²) in [5.74, 6) is 0.842. The Morgan fingerprint density at radius 1 is 1.40 bits per heavy atom. The van der Waals surface area contributed by atoms with Crippen LogP contribution in [0, 0.1) is 5.41 Å². The molecular weight excluding hydrogens is 252 g/mol. The number of aromatic nitrogens is 3. The van der Waals surface area contributed by atoms with Crippen molar-refractivity contribution in [2.24, 2.45) is 12.5 Å². The molecule has 0 spiro atoms. The van der Waals surface area contributed by atoms with Crippen LogP contribution in [0.4, 0.5) is 5.69 Å². The first-order valence-electron chi connectivity index (χ1n) is 6.87. The van der Waals surface area contributed by atoms with Gasteiger partial charge in [0.2, 0.25) is 0 Å². The zero-order valence-corrected chi connectivity index (χ0v) is 12.3. The molecule has 0 saturated carbocycles. The minimum Gasteiger partial charge on any atom is -0.396 e. The summed E-state index contributed by atoms with van der Waals surface area (Å²) < 4.78 is 1.89. The fraction of sp³-hybridized carbons (Fsp3) is 0.467. The molecule has 1 heterocycles. The van der Waals surface area contributed by atoms with Crippen LogP contribution in [-0.2, 0) is 7.05 Å². The van der Waals surface area contributed by atoms with Gasteiger partial charge in [-0.3, -0.25) is 0 Å². The van der Waals surface area contributed by atoms with E-state index >= 15 is 0 Å². The third-order valence-electron chi connectivity index (χ3n) is 3.79. The highest BCUT2D eigenvalue weighted by molar-refractivity contribution is 5.62. The Balaban J connectivity index is 2.13. The fourth-order valence-corrected chi connectivity index (χ4v) is 1.92. The van der Waals surface area contributed by atoms with E-state index in [1.807, 2.05) is 29.8 Å². The maximum Gasteiger partial charge on any atom is 0.163 e. The molecule has 0 aliphatic heterocycles. The number of nitrogens with zero attached hydrogens (tertiary/aromatic N) is 3. The van der Waals surface area contributed by atoms with Crippen molar-refractivity contribution in [3.63, 3.8) is 0 Å². The molecule has 0 radical (unpaired) electrons. The average Bonchev–Trinajstić information content (AvgIpc) is 2.91. The van der Waals surface area contributed by atoms with Crippen LogP contribution < -0.4 is 5.32 Å². The summed E-state index contributed by atoms with van der Waals surface area (Å²) in [6.07, 6.45) is 2.62. The van der Waals surface area contributed by atoms with E-state index in [-0.39, 0.29) is 12.0 Å². The largest absolute Gasteiger partial charge is 0.396 e. The number of rotatable bonds is 6. The van der Waals surface area contributed by atoms with Crippen molar-refractivity contribution in [2.45, 2.75) is 20.3 Å². The molecule has 1 unspecified atom stereocenters. The number of anilines is 1. The molecular formula is C15H22N4O. The first-order valence-corrected chi connectivity index (χ1v) is 6.87. The second kappa shape index (κ2) is 6.05. The van der Waals surface area contributed by atoms with Gasteiger partial charge < -0.3 is 15.0 Å². The van der Waals surface area contributed by atoms with Gasteiger partial charge in [0, 0.05) is 30.3 Å². The Labute approximate surface area is 119 Å². The molecule has 0 fully saturated rings. The molecule has 1 aromatic carbocycles. The van der Waals surface area contributed by atoms with Crippen LogP contribution in [-0.4, -0.2) is 33.0 Å². The van der Waals surface area contributed by atoms with E-state index in [0.29, 0.717) is 0 Å². The van der Waals surface area contributed by atoms with E-state index in [2.05, 4.69) is 35.4 Å². The highest BCUT2D eigenvalue weighted by atomic mass is 16.3. The molecule has 2 aromatic rings. The molecule has 0 bridgehead atoms. The van der Waals surface area contributed by atoms with Gasteiger partial charge in [0.25, 0.3) is 0 Å². The predicted molar refractivity (Wildman–Crippen MR) is 80.4 cm³/mol. The predicted octanol–water partition coefficient (Wildman–Crippen LogP) is 2.30. The van der Waals surface area contributed by atoms with Crippen molar-refractivity contribution in [3.05, 3.63) is 30.6 Å². The van der Waals surface area contributed by atoms with Gasteiger partial charge in [-0.05, 0) is 18.6 Å². The van der Waals surface area contributed by atoms with E-state index in [1.54, 1.807) is 6.33 Å². The summed E-state index contributed by atoms with van der Waals surface area (Å²) in [7, 11) is 1.93. The molecule has 20 heavy (non-hydrogen) atoms. The summed E-state index contributed by atoms with van der Waals surface area (Å²) in [6, 6.07) is 8.08. The number of benzene rings is 1. The number of aliphatic hydroxyl groups excluding tert-OH is 1.